The van der Waals surface area contributed by atoms with Gasteiger partial charge in [0.15, 0.2) is 0 Å². The van der Waals surface area contributed by atoms with Crippen LogP contribution < -0.4 is 0 Å². The van der Waals surface area contributed by atoms with Crippen molar-refractivity contribution >= 4 is 15.9 Å². The number of carbonyl (C=O) groups excluding carboxylic acids is 1. The molecule has 0 aliphatic carbocycles. The minimum Gasteiger partial charge on any atom is -0.380 e. The van der Waals surface area contributed by atoms with Gasteiger partial charge in [0.25, 0.3) is 10.0 Å². The highest BCUT2D eigenvalue weighted by molar-refractivity contribution is 7.89. The van der Waals surface area contributed by atoms with Gasteiger partial charge in [0.05, 0.1) is 11.3 Å². The van der Waals surface area contributed by atoms with Crippen LogP contribution in [-0.2, 0) is 21.2 Å². The van der Waals surface area contributed by atoms with Crippen LogP contribution in [-0.4, -0.2) is 36.4 Å². The Bertz CT molecular complexity index is 984. The molecule has 0 spiro atoms. The van der Waals surface area contributed by atoms with Crippen molar-refractivity contribution in [2.75, 3.05) is 6.54 Å². The molecule has 1 atom stereocenters. The number of rotatable bonds is 2. The van der Waals surface area contributed by atoms with Crippen molar-refractivity contribution in [2.24, 2.45) is 0 Å². The molecule has 0 saturated heterocycles. The highest BCUT2D eigenvalue weighted by Gasteiger charge is 2.30. The molecule has 0 aromatic heterocycles. The molecule has 1 unspecified atom stereocenters. The molecular formula is C20H19NO4S. The van der Waals surface area contributed by atoms with Gasteiger partial charge in [-0.25, -0.2) is 12.7 Å². The summed E-state index contributed by atoms with van der Waals surface area (Å²) in [6, 6.07) is 13.4. The van der Waals surface area contributed by atoms with Gasteiger partial charge in [0.1, 0.15) is 6.10 Å². The summed E-state index contributed by atoms with van der Waals surface area (Å²) in [5.74, 6) is 5.06. The average Bonchev–Trinajstić information content (AvgIpc) is 2.61. The summed E-state index contributed by atoms with van der Waals surface area (Å²) < 4.78 is 26.8. The second-order valence-electron chi connectivity index (χ2n) is 6.19. The van der Waals surface area contributed by atoms with Gasteiger partial charge in [-0.2, -0.15) is 0 Å². The van der Waals surface area contributed by atoms with Gasteiger partial charge in [-0.1, -0.05) is 47.7 Å². The van der Waals surface area contributed by atoms with Crippen LogP contribution in [0.25, 0.3) is 0 Å². The molecule has 134 valence electrons. The zero-order valence-corrected chi connectivity index (χ0v) is 15.2. The molecule has 6 heteroatoms. The fraction of sp³-hybridized carbons (Fsp3) is 0.250. The van der Waals surface area contributed by atoms with Crippen LogP contribution in [0.1, 0.15) is 23.1 Å². The van der Waals surface area contributed by atoms with Crippen molar-refractivity contribution in [3.63, 3.8) is 0 Å². The summed E-state index contributed by atoms with van der Waals surface area (Å²) in [6.45, 7) is 1.74. The number of aliphatic hydroxyl groups excluding tert-OH is 1. The van der Waals surface area contributed by atoms with Crippen LogP contribution in [0, 0.1) is 18.8 Å². The number of fused-ring (bicyclic) bond motifs is 1. The van der Waals surface area contributed by atoms with Crippen molar-refractivity contribution in [1.82, 2.24) is 4.31 Å². The largest absolute Gasteiger partial charge is 0.380 e. The molecule has 0 radical (unpaired) electrons. The minimum atomic E-state index is -4.00. The molecule has 2 aromatic rings. The molecular weight excluding hydrogens is 350 g/mol. The molecule has 0 fully saturated rings. The third kappa shape index (κ3) is 3.79. The minimum absolute atomic E-state index is 0.0577. The van der Waals surface area contributed by atoms with Gasteiger partial charge in [-0.05, 0) is 30.7 Å². The number of aryl methyl sites for hydroxylation is 1. The Kier molecular flexibility index (Phi) is 5.12. The first kappa shape index (κ1) is 18.2. The van der Waals surface area contributed by atoms with Gasteiger partial charge >= 0.3 is 0 Å². The number of carbonyl (C=O) groups is 1. The lowest BCUT2D eigenvalue weighted by molar-refractivity contribution is -0.126. The first-order chi connectivity index (χ1) is 12.4. The van der Waals surface area contributed by atoms with Gasteiger partial charge in [0.2, 0.25) is 5.91 Å². The first-order valence-corrected chi connectivity index (χ1v) is 9.72. The standard InChI is InChI=1S/C20H19NO4S/c1-15-6-10-19(11-7-15)26(24,25)21-13-12-18(22)9-8-16-4-2-3-5-17(16)14-20(21)23/h2-7,10-11,18,22H,12-14H2,1H3. The van der Waals surface area contributed by atoms with Crippen molar-refractivity contribution < 1.29 is 18.3 Å². The van der Waals surface area contributed by atoms with E-state index in [1.807, 2.05) is 6.92 Å². The summed E-state index contributed by atoms with van der Waals surface area (Å²) >= 11 is 0. The molecule has 0 saturated carbocycles. The fourth-order valence-electron chi connectivity index (χ4n) is 2.74. The van der Waals surface area contributed by atoms with Crippen LogP contribution in [0.2, 0.25) is 0 Å². The van der Waals surface area contributed by atoms with E-state index >= 15 is 0 Å². The topological polar surface area (TPSA) is 74.7 Å². The molecule has 3 rings (SSSR count). The van der Waals surface area contributed by atoms with Crippen molar-refractivity contribution in [3.8, 4) is 11.8 Å². The SMILES string of the molecule is Cc1ccc(S(=O)(=O)N2CCC(O)C#Cc3ccccc3CC2=O)cc1. The number of aliphatic hydroxyl groups is 1. The van der Waals surface area contributed by atoms with E-state index < -0.39 is 22.0 Å². The van der Waals surface area contributed by atoms with Crippen LogP contribution >= 0.6 is 0 Å². The number of hydrogen-bond donors (Lipinski definition) is 1. The molecule has 1 aliphatic rings. The van der Waals surface area contributed by atoms with E-state index in [2.05, 4.69) is 11.8 Å². The predicted octanol–water partition coefficient (Wildman–Crippen LogP) is 1.87. The van der Waals surface area contributed by atoms with Crippen LogP contribution in [0.3, 0.4) is 0 Å². The Morgan fingerprint density at radius 3 is 2.54 bits per heavy atom. The second-order valence-corrected chi connectivity index (χ2v) is 8.05. The summed E-state index contributed by atoms with van der Waals surface area (Å²) in [5.41, 5.74) is 2.19. The van der Waals surface area contributed by atoms with E-state index in [9.17, 15) is 18.3 Å². The predicted molar refractivity (Wildman–Crippen MR) is 97.7 cm³/mol. The van der Waals surface area contributed by atoms with E-state index in [0.29, 0.717) is 11.1 Å². The zero-order chi connectivity index (χ0) is 18.7. The van der Waals surface area contributed by atoms with E-state index in [4.69, 9.17) is 0 Å². The summed E-state index contributed by atoms with van der Waals surface area (Å²) in [5, 5.41) is 10.0. The van der Waals surface area contributed by atoms with E-state index in [1.165, 1.54) is 12.1 Å². The van der Waals surface area contributed by atoms with Gasteiger partial charge in [-0.3, -0.25) is 4.79 Å². The van der Waals surface area contributed by atoms with E-state index in [-0.39, 0.29) is 24.3 Å². The molecule has 0 bridgehead atoms. The van der Waals surface area contributed by atoms with Crippen LogP contribution in [0.4, 0.5) is 0 Å². The summed E-state index contributed by atoms with van der Waals surface area (Å²) in [6.07, 6.45) is -1.01. The van der Waals surface area contributed by atoms with Crippen molar-refractivity contribution in [1.29, 1.82) is 0 Å². The van der Waals surface area contributed by atoms with Gasteiger partial charge in [0, 0.05) is 18.5 Å². The Labute approximate surface area is 153 Å². The fourth-order valence-corrected chi connectivity index (χ4v) is 4.15. The smallest absolute Gasteiger partial charge is 0.266 e. The number of sulfonamides is 1. The first-order valence-electron chi connectivity index (χ1n) is 8.27. The molecule has 2 aromatic carbocycles. The van der Waals surface area contributed by atoms with Gasteiger partial charge < -0.3 is 5.11 Å². The van der Waals surface area contributed by atoms with E-state index in [1.54, 1.807) is 36.4 Å². The molecule has 1 heterocycles. The monoisotopic (exact) mass is 369 g/mol. The Hall–Kier alpha value is -2.62. The highest BCUT2D eigenvalue weighted by atomic mass is 32.2. The number of hydrogen-bond acceptors (Lipinski definition) is 4. The number of nitrogens with zero attached hydrogens (tertiary/aromatic N) is 1. The Morgan fingerprint density at radius 1 is 1.12 bits per heavy atom. The lowest BCUT2D eigenvalue weighted by atomic mass is 10.0. The summed E-state index contributed by atoms with van der Waals surface area (Å²) in [7, 11) is -4.00. The highest BCUT2D eigenvalue weighted by Crippen LogP contribution is 2.20. The lowest BCUT2D eigenvalue weighted by Gasteiger charge is -2.24. The maximum atomic E-state index is 13.0. The lowest BCUT2D eigenvalue weighted by Crippen LogP contribution is -2.40. The van der Waals surface area contributed by atoms with Crippen LogP contribution in [0.15, 0.2) is 53.4 Å². The maximum Gasteiger partial charge on any atom is 0.266 e. The number of benzene rings is 2. The van der Waals surface area contributed by atoms with Crippen molar-refractivity contribution in [3.05, 3.63) is 65.2 Å². The third-order valence-corrected chi connectivity index (χ3v) is 6.06. The molecule has 1 aliphatic heterocycles. The van der Waals surface area contributed by atoms with E-state index in [0.717, 1.165) is 9.87 Å². The zero-order valence-electron chi connectivity index (χ0n) is 14.3. The molecule has 1 N–H and O–H groups in total. The molecule has 5 nitrogen and oxygen atoms in total. The second kappa shape index (κ2) is 7.32. The molecule has 1 amide bonds. The van der Waals surface area contributed by atoms with Gasteiger partial charge in [-0.15, -0.1) is 0 Å². The number of amides is 1. The maximum absolute atomic E-state index is 13.0. The normalized spacial score (nSPS) is 17.8. The third-order valence-electron chi connectivity index (χ3n) is 4.23. The quantitative estimate of drug-likeness (QED) is 0.820. The summed E-state index contributed by atoms with van der Waals surface area (Å²) in [4.78, 5) is 12.9. The molecule has 26 heavy (non-hydrogen) atoms. The van der Waals surface area contributed by atoms with Crippen molar-refractivity contribution in [2.45, 2.75) is 30.8 Å². The van der Waals surface area contributed by atoms with Crippen LogP contribution in [0.5, 0.6) is 0 Å². The Balaban J connectivity index is 2.01. The average molecular weight is 369 g/mol. The Morgan fingerprint density at radius 2 is 1.81 bits per heavy atom.